The van der Waals surface area contributed by atoms with Gasteiger partial charge in [-0.1, -0.05) is 25.1 Å². The molecule has 2 heterocycles. The molecule has 2 aliphatic rings. The Morgan fingerprint density at radius 2 is 1.81 bits per heavy atom. The predicted octanol–water partition coefficient (Wildman–Crippen LogP) is 3.50. The Bertz CT molecular complexity index is 1000. The molecule has 5 nitrogen and oxygen atoms in total. The fourth-order valence-corrected chi connectivity index (χ4v) is 6.29. The van der Waals surface area contributed by atoms with Crippen LogP contribution in [0.3, 0.4) is 0 Å². The van der Waals surface area contributed by atoms with E-state index >= 15 is 0 Å². The van der Waals surface area contributed by atoms with Gasteiger partial charge in [-0.05, 0) is 58.1 Å². The summed E-state index contributed by atoms with van der Waals surface area (Å²) in [5.74, 6) is 0.0148. The van der Waals surface area contributed by atoms with E-state index in [9.17, 15) is 13.2 Å². The molecule has 0 saturated heterocycles. The Hall–Kier alpha value is -1.86. The van der Waals surface area contributed by atoms with E-state index in [0.29, 0.717) is 36.1 Å². The predicted molar refractivity (Wildman–Crippen MR) is 105 cm³/mol. The molecule has 0 saturated carbocycles. The number of carbonyl (C=O) groups is 1. The third-order valence-corrected chi connectivity index (χ3v) is 7.82. The van der Waals surface area contributed by atoms with Crippen LogP contribution in [0.5, 0.6) is 0 Å². The lowest BCUT2D eigenvalue weighted by atomic mass is 10.2. The summed E-state index contributed by atoms with van der Waals surface area (Å²) in [6.45, 7) is 2.85. The van der Waals surface area contributed by atoms with Gasteiger partial charge in [-0.25, -0.2) is 8.42 Å². The van der Waals surface area contributed by atoms with Gasteiger partial charge < -0.3 is 4.90 Å². The topological polar surface area (TPSA) is 57.7 Å². The lowest BCUT2D eigenvalue weighted by Gasteiger charge is -2.22. The van der Waals surface area contributed by atoms with Gasteiger partial charge in [-0.3, -0.25) is 9.10 Å². The lowest BCUT2D eigenvalue weighted by molar-refractivity contribution is -0.118. The highest BCUT2D eigenvalue weighted by molar-refractivity contribution is 9.10. The number of rotatable bonds is 3. The van der Waals surface area contributed by atoms with Crippen molar-refractivity contribution in [2.24, 2.45) is 0 Å². The van der Waals surface area contributed by atoms with Crippen LogP contribution < -0.4 is 9.21 Å². The minimum absolute atomic E-state index is 0.0148. The highest BCUT2D eigenvalue weighted by Crippen LogP contribution is 2.39. The van der Waals surface area contributed by atoms with Gasteiger partial charge in [0.05, 0.1) is 5.69 Å². The normalized spacial score (nSPS) is 15.9. The molecule has 7 heteroatoms. The van der Waals surface area contributed by atoms with Crippen LogP contribution in [-0.4, -0.2) is 27.4 Å². The molecule has 0 N–H and O–H groups in total. The minimum Gasteiger partial charge on any atom is -0.312 e. The van der Waals surface area contributed by atoms with Gasteiger partial charge in [-0.2, -0.15) is 0 Å². The Morgan fingerprint density at radius 3 is 2.58 bits per heavy atom. The van der Waals surface area contributed by atoms with Crippen molar-refractivity contribution in [2.75, 3.05) is 22.3 Å². The first kappa shape index (κ1) is 17.5. The zero-order valence-electron chi connectivity index (χ0n) is 14.4. The number of halogens is 1. The summed E-state index contributed by atoms with van der Waals surface area (Å²) in [5, 5.41) is 0. The minimum atomic E-state index is -3.71. The molecule has 0 spiro atoms. The summed E-state index contributed by atoms with van der Waals surface area (Å²) < 4.78 is 28.7. The van der Waals surface area contributed by atoms with Crippen LogP contribution in [0, 0.1) is 0 Å². The van der Waals surface area contributed by atoms with Crippen LogP contribution in [0.25, 0.3) is 0 Å². The van der Waals surface area contributed by atoms with Crippen molar-refractivity contribution in [3.63, 3.8) is 0 Å². The summed E-state index contributed by atoms with van der Waals surface area (Å²) in [7, 11) is -3.71. The van der Waals surface area contributed by atoms with Crippen molar-refractivity contribution >= 4 is 43.2 Å². The summed E-state index contributed by atoms with van der Waals surface area (Å²) >= 11 is 3.44. The SMILES string of the molecule is CCC(=O)N1CCc2cc(Br)c(S(=O)(=O)N3CCc4ccccc43)cc21. The fourth-order valence-electron chi connectivity index (χ4n) is 3.71. The second-order valence-electron chi connectivity index (χ2n) is 6.52. The quantitative estimate of drug-likeness (QED) is 0.742. The van der Waals surface area contributed by atoms with Crippen molar-refractivity contribution in [1.82, 2.24) is 0 Å². The number of anilines is 2. The Labute approximate surface area is 161 Å². The van der Waals surface area contributed by atoms with Crippen LogP contribution in [-0.2, 0) is 27.7 Å². The summed E-state index contributed by atoms with van der Waals surface area (Å²) in [5.41, 5.74) is 3.49. The van der Waals surface area contributed by atoms with E-state index in [2.05, 4.69) is 15.9 Å². The maximum absolute atomic E-state index is 13.4. The Morgan fingerprint density at radius 1 is 1.08 bits per heavy atom. The van der Waals surface area contributed by atoms with Gasteiger partial charge in [0.1, 0.15) is 4.90 Å². The molecule has 0 atom stereocenters. The third kappa shape index (κ3) is 2.65. The van der Waals surface area contributed by atoms with E-state index in [4.69, 9.17) is 0 Å². The molecule has 1 amide bonds. The molecule has 0 bridgehead atoms. The maximum Gasteiger partial charge on any atom is 0.265 e. The Balaban J connectivity index is 1.80. The summed E-state index contributed by atoms with van der Waals surface area (Å²) in [6.07, 6.45) is 1.85. The lowest BCUT2D eigenvalue weighted by Crippen LogP contribution is -2.30. The van der Waals surface area contributed by atoms with Gasteiger partial charge in [0.25, 0.3) is 10.0 Å². The van der Waals surface area contributed by atoms with Crippen molar-refractivity contribution in [3.8, 4) is 0 Å². The van der Waals surface area contributed by atoms with Crippen molar-refractivity contribution in [3.05, 3.63) is 52.0 Å². The summed E-state index contributed by atoms with van der Waals surface area (Å²) in [6, 6.07) is 11.1. The number of nitrogens with zero attached hydrogens (tertiary/aromatic N) is 2. The zero-order chi connectivity index (χ0) is 18.5. The molecule has 0 fully saturated rings. The third-order valence-electron chi connectivity index (χ3n) is 5.04. The molecule has 0 radical (unpaired) electrons. The molecule has 2 aromatic rings. The first-order chi connectivity index (χ1) is 12.4. The fraction of sp³-hybridized carbons (Fsp3) is 0.316. The molecule has 136 valence electrons. The first-order valence-corrected chi connectivity index (χ1v) is 10.9. The van der Waals surface area contributed by atoms with Crippen molar-refractivity contribution < 1.29 is 13.2 Å². The highest BCUT2D eigenvalue weighted by atomic mass is 79.9. The molecule has 26 heavy (non-hydrogen) atoms. The number of hydrogen-bond acceptors (Lipinski definition) is 3. The summed E-state index contributed by atoms with van der Waals surface area (Å²) in [4.78, 5) is 14.1. The number of amides is 1. The number of sulfonamides is 1. The maximum atomic E-state index is 13.4. The van der Waals surface area contributed by atoms with Gasteiger partial charge in [-0.15, -0.1) is 0 Å². The van der Waals surface area contributed by atoms with E-state index in [1.165, 1.54) is 4.31 Å². The molecular formula is C19H19BrN2O3S. The second kappa shape index (κ2) is 6.39. The molecular weight excluding hydrogens is 416 g/mol. The average molecular weight is 435 g/mol. The largest absolute Gasteiger partial charge is 0.312 e. The van der Waals surface area contributed by atoms with E-state index in [0.717, 1.165) is 23.2 Å². The second-order valence-corrected chi connectivity index (χ2v) is 9.20. The van der Waals surface area contributed by atoms with Crippen LogP contribution in [0.2, 0.25) is 0 Å². The molecule has 4 rings (SSSR count). The monoisotopic (exact) mass is 434 g/mol. The number of hydrogen-bond donors (Lipinski definition) is 0. The van der Waals surface area contributed by atoms with Crippen LogP contribution in [0.1, 0.15) is 24.5 Å². The van der Waals surface area contributed by atoms with E-state index in [1.807, 2.05) is 37.3 Å². The molecule has 0 aromatic heterocycles. The van der Waals surface area contributed by atoms with Crippen molar-refractivity contribution in [1.29, 1.82) is 0 Å². The van der Waals surface area contributed by atoms with Gasteiger partial charge in [0.2, 0.25) is 5.91 Å². The number of benzene rings is 2. The molecule has 0 unspecified atom stereocenters. The number of fused-ring (bicyclic) bond motifs is 2. The van der Waals surface area contributed by atoms with Crippen molar-refractivity contribution in [2.45, 2.75) is 31.1 Å². The van der Waals surface area contributed by atoms with Gasteiger partial charge in [0, 0.05) is 29.7 Å². The zero-order valence-corrected chi connectivity index (χ0v) is 16.8. The highest BCUT2D eigenvalue weighted by Gasteiger charge is 2.34. The van der Waals surface area contributed by atoms with E-state index in [-0.39, 0.29) is 10.8 Å². The smallest absolute Gasteiger partial charge is 0.265 e. The van der Waals surface area contributed by atoms with Gasteiger partial charge in [0.15, 0.2) is 0 Å². The number of para-hydroxylation sites is 1. The standard InChI is InChI=1S/C19H19BrN2O3S/c1-2-19(23)21-9-7-14-11-15(20)18(12-17(14)21)26(24,25)22-10-8-13-5-3-4-6-16(13)22/h3-6,11-12H,2,7-10H2,1H3. The van der Waals surface area contributed by atoms with Crippen LogP contribution in [0.4, 0.5) is 11.4 Å². The van der Waals surface area contributed by atoms with E-state index < -0.39 is 10.0 Å². The Kier molecular flexibility index (Phi) is 4.31. The average Bonchev–Trinajstić information content (AvgIpc) is 3.24. The van der Waals surface area contributed by atoms with E-state index in [1.54, 1.807) is 11.0 Å². The van der Waals surface area contributed by atoms with Gasteiger partial charge >= 0.3 is 0 Å². The number of carbonyl (C=O) groups excluding carboxylic acids is 1. The van der Waals surface area contributed by atoms with Crippen LogP contribution in [0.15, 0.2) is 45.8 Å². The molecule has 0 aliphatic carbocycles. The van der Waals surface area contributed by atoms with Crippen LogP contribution >= 0.6 is 15.9 Å². The molecule has 2 aromatic carbocycles. The first-order valence-electron chi connectivity index (χ1n) is 8.67. The molecule has 2 aliphatic heterocycles.